The van der Waals surface area contributed by atoms with E-state index in [9.17, 15) is 4.79 Å². The molecule has 122 valence electrons. The maximum atomic E-state index is 11.6. The van der Waals surface area contributed by atoms with Gasteiger partial charge in [0.25, 0.3) is 0 Å². The van der Waals surface area contributed by atoms with E-state index in [-0.39, 0.29) is 24.2 Å². The highest BCUT2D eigenvalue weighted by molar-refractivity contribution is 5.76. The summed E-state index contributed by atoms with van der Waals surface area (Å²) in [5.41, 5.74) is 2.44. The Morgan fingerprint density at radius 1 is 1.26 bits per heavy atom. The summed E-state index contributed by atoms with van der Waals surface area (Å²) in [6.45, 7) is 0.630. The van der Waals surface area contributed by atoms with Crippen molar-refractivity contribution >= 4 is 5.97 Å². The number of methoxy groups -OCH3 is 1. The van der Waals surface area contributed by atoms with Gasteiger partial charge >= 0.3 is 5.97 Å². The molecule has 1 heterocycles. The van der Waals surface area contributed by atoms with Crippen LogP contribution in [0.4, 0.5) is 0 Å². The second kappa shape index (κ2) is 7.57. The molecule has 1 saturated heterocycles. The number of hydrogen-bond donors (Lipinski definition) is 1. The Bertz CT molecular complexity index is 594. The van der Waals surface area contributed by atoms with Crippen molar-refractivity contribution in [3.8, 4) is 0 Å². The first-order chi connectivity index (χ1) is 11.3. The average Bonchev–Trinajstić information content (AvgIpc) is 3.11. The number of nitrogens with one attached hydrogen (secondary N) is 1. The maximum absolute atomic E-state index is 11.6. The lowest BCUT2D eigenvalue weighted by Gasteiger charge is -2.21. The van der Waals surface area contributed by atoms with Crippen LogP contribution in [-0.4, -0.2) is 31.3 Å². The zero-order valence-corrected chi connectivity index (χ0v) is 13.4. The molecule has 1 aliphatic carbocycles. The molecule has 4 nitrogen and oxygen atoms in total. The minimum absolute atomic E-state index is 0.122. The Labute approximate surface area is 137 Å². The number of benzene rings is 1. The summed E-state index contributed by atoms with van der Waals surface area (Å²) in [5.74, 6) is -0.169. The Hall–Kier alpha value is -1.91. The monoisotopic (exact) mass is 313 g/mol. The molecule has 0 spiro atoms. The number of esters is 1. The third-order valence-corrected chi connectivity index (χ3v) is 4.43. The SMILES string of the molecule is COC(=O)[C@@H]1CC[C@H](C2=CCC(OCc3ccccc3)C=C2)N1. The van der Waals surface area contributed by atoms with Crippen molar-refractivity contribution < 1.29 is 14.3 Å². The molecule has 1 N–H and O–H groups in total. The van der Waals surface area contributed by atoms with Crippen LogP contribution in [-0.2, 0) is 20.9 Å². The largest absolute Gasteiger partial charge is 0.468 e. The summed E-state index contributed by atoms with van der Waals surface area (Å²) in [7, 11) is 1.44. The molecule has 3 rings (SSSR count). The molecule has 0 bridgehead atoms. The molecule has 23 heavy (non-hydrogen) atoms. The van der Waals surface area contributed by atoms with Gasteiger partial charge < -0.3 is 9.47 Å². The van der Waals surface area contributed by atoms with Crippen LogP contribution in [0.25, 0.3) is 0 Å². The van der Waals surface area contributed by atoms with E-state index in [1.54, 1.807) is 0 Å². The lowest BCUT2D eigenvalue weighted by atomic mass is 9.98. The van der Waals surface area contributed by atoms with Crippen molar-refractivity contribution in [3.05, 3.63) is 59.7 Å². The molecule has 1 unspecified atom stereocenters. The molecule has 0 radical (unpaired) electrons. The highest BCUT2D eigenvalue weighted by Crippen LogP contribution is 2.24. The number of carbonyl (C=O) groups excluding carboxylic acids is 1. The van der Waals surface area contributed by atoms with Gasteiger partial charge in [0.15, 0.2) is 0 Å². The standard InChI is InChI=1S/C19H23NO3/c1-22-19(21)18-12-11-17(20-18)15-7-9-16(10-8-15)23-13-14-5-3-2-4-6-14/h2-9,16-18,20H,10-13H2,1H3/t16?,17-,18+/m1/s1. The summed E-state index contributed by atoms with van der Waals surface area (Å²) >= 11 is 0. The zero-order valence-electron chi connectivity index (χ0n) is 13.4. The molecule has 0 saturated carbocycles. The summed E-state index contributed by atoms with van der Waals surface area (Å²) < 4.78 is 10.7. The number of carbonyl (C=O) groups is 1. The van der Waals surface area contributed by atoms with E-state index in [1.807, 2.05) is 18.2 Å². The molecule has 0 aromatic heterocycles. The van der Waals surface area contributed by atoms with Gasteiger partial charge in [0.2, 0.25) is 0 Å². The van der Waals surface area contributed by atoms with Gasteiger partial charge in [-0.1, -0.05) is 48.6 Å². The van der Waals surface area contributed by atoms with Crippen molar-refractivity contribution in [1.29, 1.82) is 0 Å². The fourth-order valence-corrected chi connectivity index (χ4v) is 3.11. The highest BCUT2D eigenvalue weighted by atomic mass is 16.5. The highest BCUT2D eigenvalue weighted by Gasteiger charge is 2.31. The van der Waals surface area contributed by atoms with E-state index in [4.69, 9.17) is 9.47 Å². The van der Waals surface area contributed by atoms with Crippen molar-refractivity contribution in [2.75, 3.05) is 7.11 Å². The van der Waals surface area contributed by atoms with Gasteiger partial charge in [-0.3, -0.25) is 10.1 Å². The molecular weight excluding hydrogens is 290 g/mol. The second-order valence-electron chi connectivity index (χ2n) is 6.01. The van der Waals surface area contributed by atoms with Crippen LogP contribution in [0.1, 0.15) is 24.8 Å². The predicted octanol–water partition coefficient (Wildman–Crippen LogP) is 2.75. The van der Waals surface area contributed by atoms with Crippen molar-refractivity contribution in [2.24, 2.45) is 0 Å². The first-order valence-electron chi connectivity index (χ1n) is 8.14. The van der Waals surface area contributed by atoms with Crippen LogP contribution in [0.5, 0.6) is 0 Å². The Morgan fingerprint density at radius 2 is 2.09 bits per heavy atom. The Morgan fingerprint density at radius 3 is 2.78 bits per heavy atom. The summed E-state index contributed by atoms with van der Waals surface area (Å²) in [4.78, 5) is 11.6. The summed E-state index contributed by atoms with van der Waals surface area (Å²) in [6, 6.07) is 10.3. The summed E-state index contributed by atoms with van der Waals surface area (Å²) in [5, 5.41) is 3.35. The van der Waals surface area contributed by atoms with Gasteiger partial charge in [-0.05, 0) is 30.4 Å². The fraction of sp³-hybridized carbons (Fsp3) is 0.421. The van der Waals surface area contributed by atoms with E-state index in [1.165, 1.54) is 18.2 Å². The van der Waals surface area contributed by atoms with Crippen LogP contribution in [0.3, 0.4) is 0 Å². The van der Waals surface area contributed by atoms with Crippen molar-refractivity contribution in [3.63, 3.8) is 0 Å². The third-order valence-electron chi connectivity index (χ3n) is 4.43. The normalized spacial score (nSPS) is 26.8. The molecule has 3 atom stereocenters. The molecule has 4 heteroatoms. The zero-order chi connectivity index (χ0) is 16.1. The van der Waals surface area contributed by atoms with E-state index in [0.717, 1.165) is 19.3 Å². The molecule has 0 amide bonds. The smallest absolute Gasteiger partial charge is 0.322 e. The number of hydrogen-bond acceptors (Lipinski definition) is 4. The van der Waals surface area contributed by atoms with Gasteiger partial charge in [0, 0.05) is 6.04 Å². The molecule has 1 aliphatic heterocycles. The Kier molecular flexibility index (Phi) is 5.26. The van der Waals surface area contributed by atoms with Crippen LogP contribution < -0.4 is 5.32 Å². The molecular formula is C19H23NO3. The van der Waals surface area contributed by atoms with Gasteiger partial charge in [-0.2, -0.15) is 0 Å². The first-order valence-corrected chi connectivity index (χ1v) is 8.14. The quantitative estimate of drug-likeness (QED) is 0.849. The fourth-order valence-electron chi connectivity index (χ4n) is 3.11. The van der Waals surface area contributed by atoms with Crippen molar-refractivity contribution in [2.45, 2.75) is 44.1 Å². The molecule has 1 fully saturated rings. The lowest BCUT2D eigenvalue weighted by molar-refractivity contribution is -0.142. The van der Waals surface area contributed by atoms with Crippen molar-refractivity contribution in [1.82, 2.24) is 5.32 Å². The number of ether oxygens (including phenoxy) is 2. The van der Waals surface area contributed by atoms with Crippen LogP contribution in [0.2, 0.25) is 0 Å². The molecule has 1 aromatic carbocycles. The topological polar surface area (TPSA) is 47.6 Å². The Balaban J connectivity index is 1.48. The average molecular weight is 313 g/mol. The predicted molar refractivity (Wildman–Crippen MR) is 88.8 cm³/mol. The van der Waals surface area contributed by atoms with Gasteiger partial charge in [0.1, 0.15) is 6.04 Å². The molecule has 2 aliphatic rings. The van der Waals surface area contributed by atoms with Gasteiger partial charge in [-0.15, -0.1) is 0 Å². The third kappa shape index (κ3) is 4.09. The van der Waals surface area contributed by atoms with Gasteiger partial charge in [0.05, 0.1) is 19.8 Å². The van der Waals surface area contributed by atoms with Crippen LogP contribution in [0, 0.1) is 0 Å². The summed E-state index contributed by atoms with van der Waals surface area (Å²) in [6.07, 6.45) is 9.24. The number of rotatable bonds is 5. The molecule has 1 aromatic rings. The van der Waals surface area contributed by atoms with E-state index in [0.29, 0.717) is 6.61 Å². The van der Waals surface area contributed by atoms with Crippen LogP contribution in [0.15, 0.2) is 54.1 Å². The second-order valence-corrected chi connectivity index (χ2v) is 6.01. The van der Waals surface area contributed by atoms with Gasteiger partial charge in [-0.25, -0.2) is 0 Å². The minimum Gasteiger partial charge on any atom is -0.468 e. The lowest BCUT2D eigenvalue weighted by Crippen LogP contribution is -2.37. The van der Waals surface area contributed by atoms with E-state index in [2.05, 4.69) is 35.7 Å². The van der Waals surface area contributed by atoms with E-state index < -0.39 is 0 Å². The maximum Gasteiger partial charge on any atom is 0.322 e. The first kappa shape index (κ1) is 16.0. The van der Waals surface area contributed by atoms with Crippen LogP contribution >= 0.6 is 0 Å². The van der Waals surface area contributed by atoms with E-state index >= 15 is 0 Å². The minimum atomic E-state index is -0.175.